The zero-order valence-corrected chi connectivity index (χ0v) is 23.2. The van der Waals surface area contributed by atoms with Crippen molar-refractivity contribution in [3.05, 3.63) is 0 Å². The number of nitrogens with zero attached hydrogens (tertiary/aromatic N) is 1. The SMILES string of the molecule is CC[N+](CC)(CC)CCCCCCCCCCCCCCCC(=O)NCCCCCCS. The molecule has 3 nitrogen and oxygen atoms in total. The summed E-state index contributed by atoms with van der Waals surface area (Å²) in [5, 5.41) is 3.06. The van der Waals surface area contributed by atoms with Gasteiger partial charge in [0.15, 0.2) is 0 Å². The van der Waals surface area contributed by atoms with Gasteiger partial charge in [-0.1, -0.05) is 77.0 Å². The highest BCUT2D eigenvalue weighted by Crippen LogP contribution is 2.14. The lowest BCUT2D eigenvalue weighted by Gasteiger charge is -2.35. The Morgan fingerprint density at radius 1 is 0.594 bits per heavy atom. The third-order valence-electron chi connectivity index (χ3n) is 7.46. The molecule has 4 heteroatoms. The molecular weight excluding hydrogens is 412 g/mol. The first-order chi connectivity index (χ1) is 15.6. The Hall–Kier alpha value is -0.220. The molecule has 0 spiro atoms. The number of carbonyl (C=O) groups is 1. The van der Waals surface area contributed by atoms with Gasteiger partial charge >= 0.3 is 0 Å². The Balaban J connectivity index is 3.27. The first-order valence-electron chi connectivity index (χ1n) is 14.4. The van der Waals surface area contributed by atoms with Crippen molar-refractivity contribution in [2.75, 3.05) is 38.5 Å². The summed E-state index contributed by atoms with van der Waals surface area (Å²) in [6.07, 6.45) is 23.1. The maximum absolute atomic E-state index is 11.8. The van der Waals surface area contributed by atoms with Gasteiger partial charge in [-0.2, -0.15) is 12.6 Å². The van der Waals surface area contributed by atoms with Gasteiger partial charge in [-0.15, -0.1) is 0 Å². The predicted molar refractivity (Wildman–Crippen MR) is 147 cm³/mol. The number of quaternary nitrogens is 1. The maximum atomic E-state index is 11.8. The zero-order valence-electron chi connectivity index (χ0n) is 22.3. The summed E-state index contributed by atoms with van der Waals surface area (Å²) < 4.78 is 1.31. The molecule has 0 aromatic carbocycles. The summed E-state index contributed by atoms with van der Waals surface area (Å²) in [7, 11) is 0. The smallest absolute Gasteiger partial charge is 0.219 e. The number of hydrogen-bond acceptors (Lipinski definition) is 2. The molecule has 0 aliphatic rings. The molecule has 0 bridgehead atoms. The fourth-order valence-corrected chi connectivity index (χ4v) is 4.95. The first-order valence-corrected chi connectivity index (χ1v) is 15.0. The van der Waals surface area contributed by atoms with Crippen LogP contribution in [0.1, 0.15) is 136 Å². The van der Waals surface area contributed by atoms with E-state index in [4.69, 9.17) is 0 Å². The number of rotatable bonds is 25. The Morgan fingerprint density at radius 3 is 1.47 bits per heavy atom. The number of amides is 1. The van der Waals surface area contributed by atoms with Gasteiger partial charge in [-0.25, -0.2) is 0 Å². The zero-order chi connectivity index (χ0) is 23.8. The van der Waals surface area contributed by atoms with Gasteiger partial charge in [0.2, 0.25) is 5.91 Å². The molecule has 0 heterocycles. The van der Waals surface area contributed by atoms with Crippen molar-refractivity contribution in [1.82, 2.24) is 5.32 Å². The van der Waals surface area contributed by atoms with Gasteiger partial charge < -0.3 is 9.80 Å². The third kappa shape index (κ3) is 19.3. The van der Waals surface area contributed by atoms with Crippen molar-refractivity contribution < 1.29 is 9.28 Å². The van der Waals surface area contributed by atoms with Crippen LogP contribution in [0, 0.1) is 0 Å². The van der Waals surface area contributed by atoms with Gasteiger partial charge in [-0.3, -0.25) is 4.79 Å². The predicted octanol–water partition coefficient (Wildman–Crippen LogP) is 7.93. The largest absolute Gasteiger partial charge is 0.356 e. The molecule has 0 saturated heterocycles. The second-order valence-electron chi connectivity index (χ2n) is 9.85. The normalized spacial score (nSPS) is 11.8. The molecule has 0 fully saturated rings. The van der Waals surface area contributed by atoms with Gasteiger partial charge in [0.1, 0.15) is 0 Å². The molecule has 192 valence electrons. The second kappa shape index (κ2) is 23.9. The first kappa shape index (κ1) is 31.8. The highest BCUT2D eigenvalue weighted by atomic mass is 32.1. The molecule has 0 aromatic heterocycles. The summed E-state index contributed by atoms with van der Waals surface area (Å²) in [6.45, 7) is 13.2. The molecule has 0 aliphatic carbocycles. The summed E-state index contributed by atoms with van der Waals surface area (Å²) in [6, 6.07) is 0. The van der Waals surface area contributed by atoms with Crippen molar-refractivity contribution in [3.63, 3.8) is 0 Å². The molecule has 0 aliphatic heterocycles. The van der Waals surface area contributed by atoms with Crippen LogP contribution in [0.25, 0.3) is 0 Å². The molecule has 0 radical (unpaired) electrons. The van der Waals surface area contributed by atoms with Crippen LogP contribution in [-0.2, 0) is 4.79 Å². The molecule has 0 rings (SSSR count). The molecule has 0 saturated carbocycles. The van der Waals surface area contributed by atoms with Crippen LogP contribution in [-0.4, -0.2) is 48.9 Å². The van der Waals surface area contributed by atoms with Gasteiger partial charge in [0.25, 0.3) is 0 Å². The quantitative estimate of drug-likeness (QED) is 0.0790. The summed E-state index contributed by atoms with van der Waals surface area (Å²) in [5.41, 5.74) is 0. The number of nitrogens with one attached hydrogen (secondary N) is 1. The Bertz CT molecular complexity index is 391. The van der Waals surface area contributed by atoms with E-state index in [9.17, 15) is 4.79 Å². The molecule has 0 atom stereocenters. The Kier molecular flexibility index (Phi) is 23.8. The van der Waals surface area contributed by atoms with E-state index in [-0.39, 0.29) is 5.91 Å². The van der Waals surface area contributed by atoms with E-state index in [0.717, 1.165) is 25.1 Å². The van der Waals surface area contributed by atoms with Crippen LogP contribution in [0.4, 0.5) is 0 Å². The van der Waals surface area contributed by atoms with E-state index in [1.165, 1.54) is 127 Å². The fraction of sp³-hybridized carbons (Fsp3) is 0.964. The molecule has 0 aromatic rings. The summed E-state index contributed by atoms with van der Waals surface area (Å²) in [4.78, 5) is 11.8. The van der Waals surface area contributed by atoms with Crippen molar-refractivity contribution in [2.24, 2.45) is 0 Å². The van der Waals surface area contributed by atoms with Crippen molar-refractivity contribution in [1.29, 1.82) is 0 Å². The molecule has 32 heavy (non-hydrogen) atoms. The lowest BCUT2D eigenvalue weighted by atomic mass is 10.0. The number of unbranched alkanes of at least 4 members (excludes halogenated alkanes) is 15. The Morgan fingerprint density at radius 2 is 1.00 bits per heavy atom. The monoisotopic (exact) mass is 471 g/mol. The Labute approximate surface area is 207 Å². The minimum Gasteiger partial charge on any atom is -0.356 e. The lowest BCUT2D eigenvalue weighted by Crippen LogP contribution is -2.48. The van der Waals surface area contributed by atoms with Crippen LogP contribution in [0.3, 0.4) is 0 Å². The van der Waals surface area contributed by atoms with Gasteiger partial charge in [0.05, 0.1) is 26.2 Å². The van der Waals surface area contributed by atoms with E-state index in [1.54, 1.807) is 0 Å². The lowest BCUT2D eigenvalue weighted by molar-refractivity contribution is -0.923. The fourth-order valence-electron chi connectivity index (χ4n) is 4.73. The minimum absolute atomic E-state index is 0.249. The van der Waals surface area contributed by atoms with Crippen LogP contribution in [0.2, 0.25) is 0 Å². The van der Waals surface area contributed by atoms with Crippen LogP contribution >= 0.6 is 12.6 Å². The summed E-state index contributed by atoms with van der Waals surface area (Å²) in [5.74, 6) is 1.23. The summed E-state index contributed by atoms with van der Waals surface area (Å²) >= 11 is 4.22. The number of hydrogen-bond donors (Lipinski definition) is 2. The number of thiol groups is 1. The van der Waals surface area contributed by atoms with Gasteiger partial charge in [0, 0.05) is 13.0 Å². The molecular formula is C28H59N2OS+. The van der Waals surface area contributed by atoms with Crippen molar-refractivity contribution in [2.45, 2.75) is 136 Å². The highest BCUT2D eigenvalue weighted by Gasteiger charge is 2.19. The van der Waals surface area contributed by atoms with E-state index in [0.29, 0.717) is 6.42 Å². The van der Waals surface area contributed by atoms with E-state index >= 15 is 0 Å². The van der Waals surface area contributed by atoms with Crippen LogP contribution < -0.4 is 5.32 Å². The van der Waals surface area contributed by atoms with E-state index < -0.39 is 0 Å². The highest BCUT2D eigenvalue weighted by molar-refractivity contribution is 7.80. The van der Waals surface area contributed by atoms with Crippen LogP contribution in [0.15, 0.2) is 0 Å². The average Bonchev–Trinajstić information content (AvgIpc) is 2.81. The minimum atomic E-state index is 0.249. The molecule has 1 amide bonds. The van der Waals surface area contributed by atoms with Crippen LogP contribution in [0.5, 0.6) is 0 Å². The maximum Gasteiger partial charge on any atom is 0.219 e. The van der Waals surface area contributed by atoms with E-state index in [1.807, 2.05) is 0 Å². The standard InChI is InChI=1S/C28H58N2OS/c1-4-30(5-2,6-3)26-22-18-15-13-11-9-7-8-10-12-14-16-20-24-28(31)29-25-21-17-19-23-27-32/h4-27H2,1-3H3,(H-,29,31,32)/p+1. The topological polar surface area (TPSA) is 29.1 Å². The van der Waals surface area contributed by atoms with E-state index in [2.05, 4.69) is 38.7 Å². The molecule has 1 N–H and O–H groups in total. The molecule has 0 unspecified atom stereocenters. The number of carbonyl (C=O) groups excluding carboxylic acids is 1. The van der Waals surface area contributed by atoms with Crippen molar-refractivity contribution in [3.8, 4) is 0 Å². The average molecular weight is 472 g/mol. The second-order valence-corrected chi connectivity index (χ2v) is 10.3. The third-order valence-corrected chi connectivity index (χ3v) is 7.77. The van der Waals surface area contributed by atoms with Crippen molar-refractivity contribution >= 4 is 18.5 Å². The van der Waals surface area contributed by atoms with Gasteiger partial charge in [-0.05, 0) is 58.6 Å².